The van der Waals surface area contributed by atoms with Crippen LogP contribution in [-0.4, -0.2) is 23.7 Å². The smallest absolute Gasteiger partial charge is 0.305 e. The number of carbonyl (C=O) groups excluding carboxylic acids is 1. The fourth-order valence-corrected chi connectivity index (χ4v) is 2.52. The van der Waals surface area contributed by atoms with Crippen molar-refractivity contribution in [2.75, 3.05) is 6.61 Å². The van der Waals surface area contributed by atoms with Gasteiger partial charge in [0.25, 0.3) is 0 Å². The van der Waals surface area contributed by atoms with Crippen LogP contribution in [-0.2, 0) is 14.3 Å². The first kappa shape index (κ1) is 21.9. The number of unbranched alkanes of at least 4 members (excludes halogenated alkanes) is 8. The molecule has 23 heavy (non-hydrogen) atoms. The Balaban J connectivity index is 3.17. The fraction of sp³-hybridized carbons (Fsp3) is 0.895. The van der Waals surface area contributed by atoms with Crippen LogP contribution < -0.4 is 0 Å². The number of carboxylic acids is 1. The Hall–Kier alpha value is -1.06. The molecule has 0 saturated carbocycles. The molecule has 0 aromatic rings. The number of carboxylic acid groups (broad SMARTS) is 1. The summed E-state index contributed by atoms with van der Waals surface area (Å²) in [5.41, 5.74) is 0. The Morgan fingerprint density at radius 2 is 1.30 bits per heavy atom. The summed E-state index contributed by atoms with van der Waals surface area (Å²) in [6.45, 7) is 5.07. The first-order valence-electron chi connectivity index (χ1n) is 9.39. The highest BCUT2D eigenvalue weighted by Gasteiger charge is 2.04. The van der Waals surface area contributed by atoms with Crippen molar-refractivity contribution in [2.45, 2.75) is 97.3 Å². The summed E-state index contributed by atoms with van der Waals surface area (Å²) in [6.07, 6.45) is 12.9. The largest absolute Gasteiger partial charge is 0.481 e. The summed E-state index contributed by atoms with van der Waals surface area (Å²) in [7, 11) is 0. The van der Waals surface area contributed by atoms with Gasteiger partial charge >= 0.3 is 11.9 Å². The van der Waals surface area contributed by atoms with E-state index in [1.54, 1.807) is 0 Å². The maximum atomic E-state index is 11.4. The van der Waals surface area contributed by atoms with Crippen LogP contribution in [0.3, 0.4) is 0 Å². The van der Waals surface area contributed by atoms with Crippen molar-refractivity contribution in [2.24, 2.45) is 5.92 Å². The predicted octanol–water partition coefficient (Wildman–Crippen LogP) is 5.34. The van der Waals surface area contributed by atoms with E-state index < -0.39 is 5.97 Å². The zero-order valence-corrected chi connectivity index (χ0v) is 15.1. The second-order valence-corrected chi connectivity index (χ2v) is 6.83. The van der Waals surface area contributed by atoms with Crippen LogP contribution >= 0.6 is 0 Å². The first-order chi connectivity index (χ1) is 11.0. The highest BCUT2D eigenvalue weighted by atomic mass is 16.5. The van der Waals surface area contributed by atoms with E-state index in [2.05, 4.69) is 13.8 Å². The highest BCUT2D eigenvalue weighted by Crippen LogP contribution is 2.12. The van der Waals surface area contributed by atoms with Crippen molar-refractivity contribution in [3.05, 3.63) is 0 Å². The molecule has 0 aromatic heterocycles. The van der Waals surface area contributed by atoms with E-state index in [9.17, 15) is 9.59 Å². The molecule has 4 nitrogen and oxygen atoms in total. The maximum Gasteiger partial charge on any atom is 0.305 e. The number of hydrogen-bond acceptors (Lipinski definition) is 3. The van der Waals surface area contributed by atoms with E-state index in [1.807, 2.05) is 0 Å². The zero-order valence-electron chi connectivity index (χ0n) is 15.1. The Kier molecular flexibility index (Phi) is 15.1. The molecule has 0 atom stereocenters. The number of esters is 1. The van der Waals surface area contributed by atoms with Crippen molar-refractivity contribution in [3.8, 4) is 0 Å². The molecule has 0 unspecified atom stereocenters. The van der Waals surface area contributed by atoms with E-state index in [1.165, 1.54) is 44.9 Å². The third-order valence-electron chi connectivity index (χ3n) is 3.96. The van der Waals surface area contributed by atoms with Crippen LogP contribution in [0.2, 0.25) is 0 Å². The second-order valence-electron chi connectivity index (χ2n) is 6.83. The van der Waals surface area contributed by atoms with Gasteiger partial charge in [-0.2, -0.15) is 0 Å². The van der Waals surface area contributed by atoms with Gasteiger partial charge in [0.15, 0.2) is 0 Å². The van der Waals surface area contributed by atoms with E-state index in [-0.39, 0.29) is 12.4 Å². The minimum Gasteiger partial charge on any atom is -0.481 e. The molecule has 0 aromatic carbocycles. The van der Waals surface area contributed by atoms with Crippen LogP contribution in [0, 0.1) is 5.92 Å². The van der Waals surface area contributed by atoms with Crippen molar-refractivity contribution < 1.29 is 19.4 Å². The third-order valence-corrected chi connectivity index (χ3v) is 3.96. The van der Waals surface area contributed by atoms with Crippen LogP contribution in [0.5, 0.6) is 0 Å². The molecule has 0 heterocycles. The third kappa shape index (κ3) is 18.9. The van der Waals surface area contributed by atoms with Gasteiger partial charge in [-0.05, 0) is 25.2 Å². The van der Waals surface area contributed by atoms with Gasteiger partial charge in [0.1, 0.15) is 0 Å². The average Bonchev–Trinajstić information content (AvgIpc) is 2.48. The predicted molar refractivity (Wildman–Crippen MR) is 93.5 cm³/mol. The molecule has 136 valence electrons. The highest BCUT2D eigenvalue weighted by molar-refractivity contribution is 5.69. The number of ether oxygens (including phenoxy) is 1. The summed E-state index contributed by atoms with van der Waals surface area (Å²) < 4.78 is 5.14. The van der Waals surface area contributed by atoms with Crippen molar-refractivity contribution in [1.82, 2.24) is 0 Å². The monoisotopic (exact) mass is 328 g/mol. The summed E-state index contributed by atoms with van der Waals surface area (Å²) in [5.74, 6) is -0.172. The average molecular weight is 328 g/mol. The number of rotatable bonds is 16. The van der Waals surface area contributed by atoms with Crippen LogP contribution in [0.4, 0.5) is 0 Å². The molecule has 0 bridgehead atoms. The molecule has 0 rings (SSSR count). The molecule has 0 aliphatic carbocycles. The maximum absolute atomic E-state index is 11.4. The Morgan fingerprint density at radius 1 is 0.783 bits per heavy atom. The quantitative estimate of drug-likeness (QED) is 0.307. The lowest BCUT2D eigenvalue weighted by atomic mass is 10.0. The van der Waals surface area contributed by atoms with E-state index in [0.717, 1.165) is 18.8 Å². The van der Waals surface area contributed by atoms with Crippen LogP contribution in [0.1, 0.15) is 97.3 Å². The fourth-order valence-electron chi connectivity index (χ4n) is 2.52. The summed E-state index contributed by atoms with van der Waals surface area (Å²) in [6, 6.07) is 0. The number of hydrogen-bond donors (Lipinski definition) is 1. The molecule has 1 N–H and O–H groups in total. The summed E-state index contributed by atoms with van der Waals surface area (Å²) in [5, 5.41) is 8.49. The van der Waals surface area contributed by atoms with Gasteiger partial charge in [0.2, 0.25) is 0 Å². The van der Waals surface area contributed by atoms with Crippen LogP contribution in [0.15, 0.2) is 0 Å². The summed E-state index contributed by atoms with van der Waals surface area (Å²) >= 11 is 0. The van der Waals surface area contributed by atoms with Crippen molar-refractivity contribution in [3.63, 3.8) is 0 Å². The van der Waals surface area contributed by atoms with Gasteiger partial charge in [0, 0.05) is 12.8 Å². The van der Waals surface area contributed by atoms with Gasteiger partial charge in [-0.3, -0.25) is 9.59 Å². The van der Waals surface area contributed by atoms with Crippen molar-refractivity contribution >= 4 is 11.9 Å². The number of aliphatic carboxylic acids is 1. The molecule has 0 aliphatic heterocycles. The normalized spacial score (nSPS) is 10.9. The molecular formula is C19H36O4. The van der Waals surface area contributed by atoms with Gasteiger partial charge in [-0.15, -0.1) is 0 Å². The van der Waals surface area contributed by atoms with Gasteiger partial charge in [0.05, 0.1) is 6.61 Å². The van der Waals surface area contributed by atoms with Gasteiger partial charge in [-0.25, -0.2) is 0 Å². The Morgan fingerprint density at radius 3 is 1.87 bits per heavy atom. The lowest BCUT2D eigenvalue weighted by molar-refractivity contribution is -0.144. The standard InChI is InChI=1S/C19H36O4/c1-17(2)13-9-7-5-3-4-6-8-12-16-23-19(22)15-11-10-14-18(20)21/h17H,3-16H2,1-2H3,(H,20,21). The van der Waals surface area contributed by atoms with E-state index >= 15 is 0 Å². The lowest BCUT2D eigenvalue weighted by Crippen LogP contribution is -2.06. The number of carbonyl (C=O) groups is 2. The Bertz CT molecular complexity index is 300. The topological polar surface area (TPSA) is 63.6 Å². The minimum absolute atomic E-state index is 0.130. The Labute approximate surface area is 142 Å². The van der Waals surface area contributed by atoms with E-state index in [0.29, 0.717) is 25.9 Å². The second kappa shape index (κ2) is 15.8. The molecule has 0 saturated heterocycles. The van der Waals surface area contributed by atoms with E-state index in [4.69, 9.17) is 9.84 Å². The minimum atomic E-state index is -0.807. The molecule has 0 amide bonds. The SMILES string of the molecule is CC(C)CCCCCCCCCCOC(=O)CCCCC(=O)O. The van der Waals surface area contributed by atoms with Crippen molar-refractivity contribution in [1.29, 1.82) is 0 Å². The molecule has 0 radical (unpaired) electrons. The first-order valence-corrected chi connectivity index (χ1v) is 9.39. The molecular weight excluding hydrogens is 292 g/mol. The van der Waals surface area contributed by atoms with Gasteiger partial charge < -0.3 is 9.84 Å². The van der Waals surface area contributed by atoms with Crippen LogP contribution in [0.25, 0.3) is 0 Å². The zero-order chi connectivity index (χ0) is 17.3. The molecule has 0 aliphatic rings. The van der Waals surface area contributed by atoms with Gasteiger partial charge in [-0.1, -0.05) is 65.2 Å². The lowest BCUT2D eigenvalue weighted by Gasteiger charge is -2.05. The summed E-state index contributed by atoms with van der Waals surface area (Å²) in [4.78, 5) is 21.7. The molecule has 0 fully saturated rings. The molecule has 4 heteroatoms. The molecule has 0 spiro atoms.